The van der Waals surface area contributed by atoms with Crippen LogP contribution in [0, 0.1) is 11.3 Å². The summed E-state index contributed by atoms with van der Waals surface area (Å²) in [5.41, 5.74) is 0.511. The lowest BCUT2D eigenvalue weighted by atomic mass is 10.3. The van der Waals surface area contributed by atoms with Crippen LogP contribution < -0.4 is 4.90 Å². The zero-order valence-corrected chi connectivity index (χ0v) is 8.60. The van der Waals surface area contributed by atoms with Crippen LogP contribution >= 0.6 is 0 Å². The molecule has 0 fully saturated rings. The molecule has 0 aliphatic heterocycles. The van der Waals surface area contributed by atoms with E-state index in [-0.39, 0.29) is 12.5 Å². The molecule has 0 unspecified atom stereocenters. The zero-order valence-electron chi connectivity index (χ0n) is 8.60. The molecule has 0 radical (unpaired) electrons. The zero-order chi connectivity index (χ0) is 11.3. The molecule has 0 aromatic carbocycles. The van der Waals surface area contributed by atoms with E-state index in [1.165, 1.54) is 13.3 Å². The molecule has 78 valence electrons. The van der Waals surface area contributed by atoms with Crippen LogP contribution in [-0.4, -0.2) is 31.7 Å². The number of ether oxygens (including phenoxy) is 1. The predicted molar refractivity (Wildman–Crippen MR) is 54.2 cm³/mol. The summed E-state index contributed by atoms with van der Waals surface area (Å²) < 4.78 is 4.53. The molecule has 0 spiro atoms. The van der Waals surface area contributed by atoms with Gasteiger partial charge in [0.1, 0.15) is 12.4 Å². The first-order valence-corrected chi connectivity index (χ1v) is 4.31. The number of hydrogen-bond donors (Lipinski definition) is 0. The number of carbonyl (C=O) groups is 1. The number of hydrogen-bond acceptors (Lipinski definition) is 5. The molecule has 5 nitrogen and oxygen atoms in total. The molecule has 0 amide bonds. The van der Waals surface area contributed by atoms with E-state index in [0.29, 0.717) is 11.4 Å². The Morgan fingerprint density at radius 3 is 3.07 bits per heavy atom. The first kappa shape index (κ1) is 11.0. The maximum absolute atomic E-state index is 11.0. The van der Waals surface area contributed by atoms with E-state index in [1.54, 1.807) is 24.1 Å². The summed E-state index contributed by atoms with van der Waals surface area (Å²) in [5.74, 6) is 0.223. The van der Waals surface area contributed by atoms with Crippen LogP contribution in [0.15, 0.2) is 18.3 Å². The van der Waals surface area contributed by atoms with Crippen molar-refractivity contribution in [3.05, 3.63) is 23.9 Å². The SMILES string of the molecule is COC(=O)CN(C)c1cc(C#N)ccn1. The number of aromatic nitrogens is 1. The topological polar surface area (TPSA) is 66.2 Å². The molecule has 0 aliphatic rings. The smallest absolute Gasteiger partial charge is 0.325 e. The van der Waals surface area contributed by atoms with E-state index in [0.717, 1.165) is 0 Å². The molecule has 15 heavy (non-hydrogen) atoms. The number of nitriles is 1. The Labute approximate surface area is 87.9 Å². The van der Waals surface area contributed by atoms with Gasteiger partial charge in [-0.1, -0.05) is 0 Å². The van der Waals surface area contributed by atoms with Gasteiger partial charge in [0.15, 0.2) is 0 Å². The Hall–Kier alpha value is -2.09. The van der Waals surface area contributed by atoms with Gasteiger partial charge in [-0.05, 0) is 12.1 Å². The van der Waals surface area contributed by atoms with Gasteiger partial charge < -0.3 is 9.64 Å². The highest BCUT2D eigenvalue weighted by molar-refractivity contribution is 5.75. The van der Waals surface area contributed by atoms with Crippen molar-refractivity contribution < 1.29 is 9.53 Å². The quantitative estimate of drug-likeness (QED) is 0.674. The van der Waals surface area contributed by atoms with Gasteiger partial charge in [0.2, 0.25) is 0 Å². The van der Waals surface area contributed by atoms with Gasteiger partial charge in [-0.15, -0.1) is 0 Å². The van der Waals surface area contributed by atoms with E-state index in [4.69, 9.17) is 5.26 Å². The van der Waals surface area contributed by atoms with E-state index in [9.17, 15) is 4.79 Å². The summed E-state index contributed by atoms with van der Waals surface area (Å²) in [6, 6.07) is 5.23. The minimum absolute atomic E-state index is 0.110. The average Bonchev–Trinajstić information content (AvgIpc) is 2.28. The molecular formula is C10H11N3O2. The highest BCUT2D eigenvalue weighted by atomic mass is 16.5. The number of nitrogens with zero attached hydrogens (tertiary/aromatic N) is 3. The van der Waals surface area contributed by atoms with Crippen molar-refractivity contribution in [1.82, 2.24) is 4.98 Å². The van der Waals surface area contributed by atoms with Gasteiger partial charge in [0.05, 0.1) is 18.7 Å². The summed E-state index contributed by atoms with van der Waals surface area (Å²) in [4.78, 5) is 16.7. The van der Waals surface area contributed by atoms with Crippen molar-refractivity contribution in [1.29, 1.82) is 5.26 Å². The van der Waals surface area contributed by atoms with Gasteiger partial charge in [-0.2, -0.15) is 5.26 Å². The molecule has 1 aromatic rings. The van der Waals surface area contributed by atoms with Crippen LogP contribution in [0.2, 0.25) is 0 Å². The third kappa shape index (κ3) is 2.95. The number of rotatable bonds is 3. The molecule has 0 aliphatic carbocycles. The predicted octanol–water partition coefficient (Wildman–Crippen LogP) is 0.562. The fourth-order valence-electron chi connectivity index (χ4n) is 1.04. The second-order valence-electron chi connectivity index (χ2n) is 2.95. The monoisotopic (exact) mass is 205 g/mol. The van der Waals surface area contributed by atoms with E-state index in [2.05, 4.69) is 9.72 Å². The van der Waals surface area contributed by atoms with Gasteiger partial charge in [0.25, 0.3) is 0 Å². The van der Waals surface area contributed by atoms with Gasteiger partial charge in [0, 0.05) is 13.2 Å². The third-order valence-corrected chi connectivity index (χ3v) is 1.86. The number of likely N-dealkylation sites (N-methyl/N-ethyl adjacent to an activating group) is 1. The minimum atomic E-state index is -0.346. The molecule has 0 atom stereocenters. The molecule has 5 heteroatoms. The second-order valence-corrected chi connectivity index (χ2v) is 2.95. The maximum Gasteiger partial charge on any atom is 0.325 e. The fraction of sp³-hybridized carbons (Fsp3) is 0.300. The lowest BCUT2D eigenvalue weighted by Crippen LogP contribution is -2.27. The lowest BCUT2D eigenvalue weighted by molar-refractivity contribution is -0.138. The number of methoxy groups -OCH3 is 1. The van der Waals surface area contributed by atoms with E-state index in [1.807, 2.05) is 6.07 Å². The van der Waals surface area contributed by atoms with Crippen molar-refractivity contribution in [2.24, 2.45) is 0 Å². The fourth-order valence-corrected chi connectivity index (χ4v) is 1.04. The Morgan fingerprint density at radius 1 is 1.73 bits per heavy atom. The number of carbonyl (C=O) groups excluding carboxylic acids is 1. The van der Waals surface area contributed by atoms with Gasteiger partial charge in [-0.25, -0.2) is 4.98 Å². The van der Waals surface area contributed by atoms with Crippen molar-refractivity contribution in [3.8, 4) is 6.07 Å². The van der Waals surface area contributed by atoms with Crippen molar-refractivity contribution in [3.63, 3.8) is 0 Å². The second kappa shape index (κ2) is 4.96. The van der Waals surface area contributed by atoms with Gasteiger partial charge >= 0.3 is 5.97 Å². The Bertz CT molecular complexity index is 398. The van der Waals surface area contributed by atoms with Crippen LogP contribution in [-0.2, 0) is 9.53 Å². The van der Waals surface area contributed by atoms with Crippen molar-refractivity contribution >= 4 is 11.8 Å². The van der Waals surface area contributed by atoms with E-state index >= 15 is 0 Å². The molecular weight excluding hydrogens is 194 g/mol. The molecule has 1 heterocycles. The average molecular weight is 205 g/mol. The summed E-state index contributed by atoms with van der Waals surface area (Å²) in [6.45, 7) is 0.110. The van der Waals surface area contributed by atoms with Crippen molar-refractivity contribution in [2.45, 2.75) is 0 Å². The summed E-state index contributed by atoms with van der Waals surface area (Å²) in [7, 11) is 3.04. The molecule has 0 saturated carbocycles. The standard InChI is InChI=1S/C10H11N3O2/c1-13(7-10(14)15-2)9-5-8(6-11)3-4-12-9/h3-5H,7H2,1-2H3. The normalized spacial score (nSPS) is 9.13. The third-order valence-electron chi connectivity index (χ3n) is 1.86. The molecule has 0 N–H and O–H groups in total. The molecule has 0 saturated heterocycles. The van der Waals surface area contributed by atoms with Gasteiger partial charge in [-0.3, -0.25) is 4.79 Å². The highest BCUT2D eigenvalue weighted by Gasteiger charge is 2.08. The minimum Gasteiger partial charge on any atom is -0.468 e. The first-order chi connectivity index (χ1) is 7.17. The highest BCUT2D eigenvalue weighted by Crippen LogP contribution is 2.09. The van der Waals surface area contributed by atoms with Crippen LogP contribution in [0.3, 0.4) is 0 Å². The van der Waals surface area contributed by atoms with E-state index < -0.39 is 0 Å². The largest absolute Gasteiger partial charge is 0.468 e. The Kier molecular flexibility index (Phi) is 3.63. The van der Waals surface area contributed by atoms with Crippen LogP contribution in [0.4, 0.5) is 5.82 Å². The lowest BCUT2D eigenvalue weighted by Gasteiger charge is -2.16. The van der Waals surface area contributed by atoms with Crippen molar-refractivity contribution in [2.75, 3.05) is 25.6 Å². The molecule has 0 bridgehead atoms. The number of anilines is 1. The number of pyridine rings is 1. The summed E-state index contributed by atoms with van der Waals surface area (Å²) >= 11 is 0. The van der Waals surface area contributed by atoms with Crippen LogP contribution in [0.25, 0.3) is 0 Å². The summed E-state index contributed by atoms with van der Waals surface area (Å²) in [6.07, 6.45) is 1.53. The summed E-state index contributed by atoms with van der Waals surface area (Å²) in [5, 5.41) is 8.68. The first-order valence-electron chi connectivity index (χ1n) is 4.31. The Morgan fingerprint density at radius 2 is 2.47 bits per heavy atom. The molecule has 1 aromatic heterocycles. The van der Waals surface area contributed by atoms with Crippen LogP contribution in [0.5, 0.6) is 0 Å². The molecule has 1 rings (SSSR count). The number of esters is 1. The Balaban J connectivity index is 2.78. The maximum atomic E-state index is 11.0. The van der Waals surface area contributed by atoms with Crippen LogP contribution in [0.1, 0.15) is 5.56 Å².